The maximum atomic E-state index is 12.1. The second kappa shape index (κ2) is 45.0. The molecular weight excluding hydrogens is 1290 g/mol. The Morgan fingerprint density at radius 1 is 0.440 bits per heavy atom. The van der Waals surface area contributed by atoms with Gasteiger partial charge in [0.2, 0.25) is 11.8 Å². The number of hydrogen-bond donors (Lipinski definition) is 19. The minimum Gasteiger partial charge on any atom is -0.480 e. The van der Waals surface area contributed by atoms with Gasteiger partial charge in [-0.3, -0.25) is 52.7 Å². The molecule has 0 aromatic rings. The first kappa shape index (κ1) is 76.3. The Kier molecular flexibility index (Phi) is 45.7. The van der Waals surface area contributed by atoms with Gasteiger partial charge in [0.1, 0.15) is 66.3 Å². The lowest BCUT2D eigenvalue weighted by molar-refractivity contribution is -0.154. The number of ketones is 4. The molecule has 2 unspecified atom stereocenters. The van der Waals surface area contributed by atoms with Crippen LogP contribution in [0.3, 0.4) is 0 Å². The lowest BCUT2D eigenvalue weighted by atomic mass is 9.97. The van der Waals surface area contributed by atoms with Gasteiger partial charge in [-0.15, -0.1) is 11.8 Å². The van der Waals surface area contributed by atoms with Gasteiger partial charge in [0.15, 0.2) is 23.8 Å². The summed E-state index contributed by atoms with van der Waals surface area (Å²) >= 11 is 9.52. The highest BCUT2D eigenvalue weighted by atomic mass is 127. The molecule has 0 fully saturated rings. The summed E-state index contributed by atoms with van der Waals surface area (Å²) in [7, 11) is 0. The molecule has 4 amide bonds. The lowest BCUT2D eigenvalue weighted by Gasteiger charge is -2.25. The molecule has 75 heavy (non-hydrogen) atoms. The molecule has 21 N–H and O–H groups in total. The first-order valence-corrected chi connectivity index (χ1v) is 28.5. The molecule has 0 saturated heterocycles. The van der Waals surface area contributed by atoms with Gasteiger partial charge in [-0.1, -0.05) is 45.2 Å². The van der Waals surface area contributed by atoms with Crippen molar-refractivity contribution in [1.29, 1.82) is 0 Å². The van der Waals surface area contributed by atoms with Crippen LogP contribution < -0.4 is 38.5 Å². The van der Waals surface area contributed by atoms with E-state index >= 15 is 0 Å². The fourth-order valence-electron chi connectivity index (χ4n) is 4.95. The molecule has 0 radical (unpaired) electrons. The number of halogens is 2. The van der Waals surface area contributed by atoms with Crippen LogP contribution >= 0.6 is 81.3 Å². The second-order valence-corrected chi connectivity index (χ2v) is 19.7. The summed E-state index contributed by atoms with van der Waals surface area (Å²) in [6.07, 6.45) is -16.2. The topological polar surface area (TPSA) is 536 Å². The number of carboxylic acids is 3. The highest BCUT2D eigenvalue weighted by Gasteiger charge is 2.38. The van der Waals surface area contributed by atoms with Crippen LogP contribution in [0.5, 0.6) is 0 Å². The Morgan fingerprint density at radius 3 is 1.12 bits per heavy atom. The smallest absolute Gasteiger partial charge is 0.321 e. The SMILES string of the molecule is NC(CSCC(=O)CCCNC(=O)[C@@H](O)[C@H](O)[C@H](O)[C@@H](O)C(=O)CCCNC(=O)CSCC(N)C(=O)O)C(=O)O.N[C@H](CS)C(=O)O.O=C(CI)CCCNC(=O)[C@@H](O)[C@H](O)[C@H](O)[C@@H](O)C(=O)CCCNC(=O)CI. The van der Waals surface area contributed by atoms with Crippen molar-refractivity contribution in [1.82, 2.24) is 21.3 Å². The maximum Gasteiger partial charge on any atom is 0.321 e. The van der Waals surface area contributed by atoms with Crippen LogP contribution in [0, 0.1) is 0 Å². The fourth-order valence-corrected chi connectivity index (χ4v) is 7.45. The van der Waals surface area contributed by atoms with Gasteiger partial charge in [-0.25, -0.2) is 0 Å². The van der Waals surface area contributed by atoms with Crippen LogP contribution in [-0.4, -0.2) is 252 Å². The Hall–Kier alpha value is -2.96. The molecule has 0 heterocycles. The van der Waals surface area contributed by atoms with E-state index in [0.29, 0.717) is 10.8 Å². The number of nitrogens with one attached hydrogen (secondary N) is 4. The van der Waals surface area contributed by atoms with Crippen molar-refractivity contribution in [2.24, 2.45) is 17.2 Å². The van der Waals surface area contributed by atoms with E-state index in [0.717, 1.165) is 23.5 Å². The van der Waals surface area contributed by atoms with Crippen LogP contribution in [0.25, 0.3) is 0 Å². The number of aliphatic carboxylic acids is 3. The number of hydrogen-bond acceptors (Lipinski definition) is 25. The predicted octanol–water partition coefficient (Wildman–Crippen LogP) is -6.79. The van der Waals surface area contributed by atoms with Gasteiger partial charge in [0, 0.05) is 69.1 Å². The standard InChI is InChI=1S/C22H38N4O12S2.C16H26I2N2O8.C3H7NO2S/c23-12(21(35)36)8-39-7-11(27)3-1-6-26-20(34)19(33)18(32)17(31)16(30)14(28)4-2-5-25-15(29)10-40-9-13(24)22(37)38;17-7-9(21)3-1-6-20-16(28)15(27)14(26)13(25)12(24)10(22)4-2-5-19-11(23)8-18;4-2(1-7)3(5)6/h12-13,16-19,30-33H,1-10,23-24H2,(H,25,29)(H,26,34)(H,35,36)(H,37,38);12-15,24-27H,1-8H2,(H,19,23)(H,20,28);2,7H,1,4H2,(H,5,6)/t12?,13?,16-,17+,18+,19-;12-,13+,14+,15-;2-/m001/s1. The summed E-state index contributed by atoms with van der Waals surface area (Å²) in [4.78, 5) is 124. The number of rotatable bonds is 40. The summed E-state index contributed by atoms with van der Waals surface area (Å²) in [5, 5.41) is 114. The van der Waals surface area contributed by atoms with E-state index in [-0.39, 0.29) is 122 Å². The monoisotopic (exact) mass is 1360 g/mol. The summed E-state index contributed by atoms with van der Waals surface area (Å²) in [6, 6.07) is -3.01. The number of Topliss-reactive ketones (excluding diaryl/α,β-unsaturated/α-hetero) is 4. The van der Waals surface area contributed by atoms with Gasteiger partial charge in [-0.05, 0) is 25.7 Å². The van der Waals surface area contributed by atoms with Crippen molar-refractivity contribution >= 4 is 146 Å². The summed E-state index contributed by atoms with van der Waals surface area (Å²) < 4.78 is 0.629. The van der Waals surface area contributed by atoms with Crippen molar-refractivity contribution in [3.05, 3.63) is 0 Å². The Balaban J connectivity index is -0.00000128. The molecule has 0 aliphatic carbocycles. The molecule has 0 saturated carbocycles. The maximum absolute atomic E-state index is 12.1. The number of nitrogens with two attached hydrogens (primary N) is 3. The normalized spacial score (nSPS) is 15.3. The molecule has 34 heteroatoms. The number of amides is 4. The first-order valence-electron chi connectivity index (χ1n) is 22.5. The van der Waals surface area contributed by atoms with E-state index in [1.807, 2.05) is 45.2 Å². The number of carbonyl (C=O) groups excluding carboxylic acids is 8. The van der Waals surface area contributed by atoms with Crippen LogP contribution in [-0.2, 0) is 52.7 Å². The Labute approximate surface area is 472 Å². The molecule has 434 valence electrons. The van der Waals surface area contributed by atoms with Gasteiger partial charge in [0.05, 0.1) is 20.4 Å². The highest BCUT2D eigenvalue weighted by molar-refractivity contribution is 14.1. The molecule has 0 spiro atoms. The van der Waals surface area contributed by atoms with Crippen LogP contribution in [0.4, 0.5) is 0 Å². The summed E-state index contributed by atoms with van der Waals surface area (Å²) in [6.45, 7) is 0.265. The van der Waals surface area contributed by atoms with Crippen LogP contribution in [0.1, 0.15) is 51.4 Å². The van der Waals surface area contributed by atoms with E-state index in [9.17, 15) is 93.6 Å². The van der Waals surface area contributed by atoms with E-state index in [1.165, 1.54) is 0 Å². The van der Waals surface area contributed by atoms with Gasteiger partial charge >= 0.3 is 17.9 Å². The predicted molar refractivity (Wildman–Crippen MR) is 290 cm³/mol. The van der Waals surface area contributed by atoms with E-state index < -0.39 is 114 Å². The quantitative estimate of drug-likeness (QED) is 0.0117. The minimum absolute atomic E-state index is 0.0151. The van der Waals surface area contributed by atoms with Crippen molar-refractivity contribution in [3.63, 3.8) is 0 Å². The number of carboxylic acid groups (broad SMARTS) is 3. The lowest BCUT2D eigenvalue weighted by Crippen LogP contribution is -2.52. The third-order valence-corrected chi connectivity index (χ3v) is 13.5. The largest absolute Gasteiger partial charge is 0.480 e. The summed E-state index contributed by atoms with van der Waals surface area (Å²) in [5.74, 6) is -7.74. The molecular formula is C41H71I2N7O22S3. The number of alkyl halides is 2. The summed E-state index contributed by atoms with van der Waals surface area (Å²) in [5.41, 5.74) is 15.6. The molecule has 29 nitrogen and oxygen atoms in total. The van der Waals surface area contributed by atoms with Crippen molar-refractivity contribution in [2.45, 2.75) is 118 Å². The van der Waals surface area contributed by atoms with Crippen LogP contribution in [0.2, 0.25) is 0 Å². The zero-order valence-electron chi connectivity index (χ0n) is 40.4. The zero-order chi connectivity index (χ0) is 58.4. The zero-order valence-corrected chi connectivity index (χ0v) is 47.3. The van der Waals surface area contributed by atoms with Crippen molar-refractivity contribution in [2.75, 3.05) is 63.8 Å². The molecule has 0 aliphatic rings. The molecule has 0 aromatic heterocycles. The van der Waals surface area contributed by atoms with E-state index in [2.05, 4.69) is 33.9 Å². The third-order valence-electron chi connectivity index (χ3n) is 9.41. The highest BCUT2D eigenvalue weighted by Crippen LogP contribution is 2.12. The minimum atomic E-state index is -2.20. The number of thioether (sulfide) groups is 2. The molecule has 11 atom stereocenters. The first-order chi connectivity index (χ1) is 35.0. The number of carbonyl (C=O) groups is 11. The van der Waals surface area contributed by atoms with E-state index in [1.54, 1.807) is 0 Å². The molecule has 0 rings (SSSR count). The van der Waals surface area contributed by atoms with Crippen LogP contribution in [0.15, 0.2) is 0 Å². The Bertz CT molecular complexity index is 1690. The van der Waals surface area contributed by atoms with Gasteiger partial charge in [-0.2, -0.15) is 24.4 Å². The van der Waals surface area contributed by atoms with Gasteiger partial charge in [0.25, 0.3) is 11.8 Å². The average Bonchev–Trinajstić information content (AvgIpc) is 3.38. The number of thiol groups is 1. The fraction of sp³-hybridized carbons (Fsp3) is 0.732. The number of aliphatic hydroxyl groups excluding tert-OH is 8. The van der Waals surface area contributed by atoms with E-state index in [4.69, 9.17) is 32.5 Å². The average molecular weight is 1360 g/mol. The van der Waals surface area contributed by atoms with Gasteiger partial charge < -0.3 is 94.6 Å². The van der Waals surface area contributed by atoms with Crippen molar-refractivity contribution in [3.8, 4) is 0 Å². The molecule has 0 bridgehead atoms. The van der Waals surface area contributed by atoms with Crippen molar-refractivity contribution < 1.29 is 109 Å². The number of aliphatic hydroxyl groups is 8. The second-order valence-electron chi connectivity index (χ2n) is 15.8. The molecule has 0 aromatic carbocycles. The Morgan fingerprint density at radius 2 is 0.773 bits per heavy atom. The third kappa shape index (κ3) is 37.5. The molecule has 0 aliphatic heterocycles.